The van der Waals surface area contributed by atoms with Crippen LogP contribution in [0.2, 0.25) is 0 Å². The fourth-order valence-electron chi connectivity index (χ4n) is 2.91. The Hall–Kier alpha value is -2.89. The van der Waals surface area contributed by atoms with Crippen LogP contribution < -0.4 is 10.6 Å². The SMILES string of the molecule is CNc1ccc([N+](=O)[O-])cc1C(=O)NCC1(c2ccccc2)CC1. The second-order valence-corrected chi connectivity index (χ2v) is 6.07. The molecule has 1 fully saturated rings. The number of nitrogens with zero attached hydrogens (tertiary/aromatic N) is 1. The van der Waals surface area contributed by atoms with E-state index in [9.17, 15) is 14.9 Å². The van der Waals surface area contributed by atoms with E-state index in [0.29, 0.717) is 12.2 Å². The van der Waals surface area contributed by atoms with Crippen LogP contribution in [-0.4, -0.2) is 24.4 Å². The average Bonchev–Trinajstić information content (AvgIpc) is 3.41. The lowest BCUT2D eigenvalue weighted by Gasteiger charge is -2.17. The number of nitro benzene ring substituents is 1. The van der Waals surface area contributed by atoms with Gasteiger partial charge in [-0.15, -0.1) is 0 Å². The zero-order valence-electron chi connectivity index (χ0n) is 13.4. The van der Waals surface area contributed by atoms with E-state index in [1.165, 1.54) is 17.7 Å². The molecule has 2 N–H and O–H groups in total. The summed E-state index contributed by atoms with van der Waals surface area (Å²) in [5.41, 5.74) is 1.98. The third-order valence-electron chi connectivity index (χ3n) is 4.55. The topological polar surface area (TPSA) is 84.3 Å². The van der Waals surface area contributed by atoms with Crippen molar-refractivity contribution in [2.24, 2.45) is 0 Å². The van der Waals surface area contributed by atoms with Crippen LogP contribution in [0.3, 0.4) is 0 Å². The molecule has 124 valence electrons. The molecule has 0 saturated heterocycles. The van der Waals surface area contributed by atoms with Crippen LogP contribution in [0.15, 0.2) is 48.5 Å². The minimum absolute atomic E-state index is 0.00254. The number of non-ortho nitro benzene ring substituents is 1. The van der Waals surface area contributed by atoms with Gasteiger partial charge in [-0.05, 0) is 24.5 Å². The number of anilines is 1. The van der Waals surface area contributed by atoms with Crippen LogP contribution in [0.4, 0.5) is 11.4 Å². The number of nitro groups is 1. The summed E-state index contributed by atoms with van der Waals surface area (Å²) in [4.78, 5) is 23.0. The molecule has 6 heteroatoms. The van der Waals surface area contributed by atoms with Gasteiger partial charge in [-0.25, -0.2) is 0 Å². The van der Waals surface area contributed by atoms with E-state index in [4.69, 9.17) is 0 Å². The van der Waals surface area contributed by atoms with E-state index in [0.717, 1.165) is 12.8 Å². The lowest BCUT2D eigenvalue weighted by molar-refractivity contribution is -0.384. The van der Waals surface area contributed by atoms with Gasteiger partial charge in [-0.3, -0.25) is 14.9 Å². The highest BCUT2D eigenvalue weighted by molar-refractivity contribution is 6.00. The van der Waals surface area contributed by atoms with Gasteiger partial charge in [-0.2, -0.15) is 0 Å². The second kappa shape index (κ2) is 6.31. The molecule has 24 heavy (non-hydrogen) atoms. The van der Waals surface area contributed by atoms with Crippen LogP contribution in [0.5, 0.6) is 0 Å². The highest BCUT2D eigenvalue weighted by Crippen LogP contribution is 2.47. The Labute approximate surface area is 140 Å². The third-order valence-corrected chi connectivity index (χ3v) is 4.55. The highest BCUT2D eigenvalue weighted by atomic mass is 16.6. The number of rotatable bonds is 6. The van der Waals surface area contributed by atoms with Gasteiger partial charge in [0.15, 0.2) is 0 Å². The molecule has 0 unspecified atom stereocenters. The van der Waals surface area contributed by atoms with Gasteiger partial charge in [0.1, 0.15) is 0 Å². The van der Waals surface area contributed by atoms with E-state index in [-0.39, 0.29) is 22.6 Å². The van der Waals surface area contributed by atoms with Crippen LogP contribution >= 0.6 is 0 Å². The summed E-state index contributed by atoms with van der Waals surface area (Å²) in [7, 11) is 1.68. The Bertz CT molecular complexity index is 770. The molecule has 1 saturated carbocycles. The molecular weight excluding hydrogens is 306 g/mol. The summed E-state index contributed by atoms with van der Waals surface area (Å²) < 4.78 is 0. The molecule has 3 rings (SSSR count). The Balaban J connectivity index is 1.76. The summed E-state index contributed by atoms with van der Waals surface area (Å²) in [6, 6.07) is 14.4. The molecule has 1 aliphatic carbocycles. The van der Waals surface area contributed by atoms with Crippen molar-refractivity contribution in [3.63, 3.8) is 0 Å². The van der Waals surface area contributed by atoms with E-state index < -0.39 is 4.92 Å². The number of hydrogen-bond acceptors (Lipinski definition) is 4. The normalized spacial score (nSPS) is 14.7. The summed E-state index contributed by atoms with van der Waals surface area (Å²) in [5, 5.41) is 16.8. The minimum Gasteiger partial charge on any atom is -0.387 e. The first-order valence-corrected chi connectivity index (χ1v) is 7.86. The highest BCUT2D eigenvalue weighted by Gasteiger charge is 2.44. The zero-order chi connectivity index (χ0) is 17.2. The molecular formula is C18H19N3O3. The molecule has 0 aliphatic heterocycles. The van der Waals surface area contributed by atoms with Crippen molar-refractivity contribution in [2.45, 2.75) is 18.3 Å². The summed E-state index contributed by atoms with van der Waals surface area (Å²) in [6.07, 6.45) is 2.07. The molecule has 0 heterocycles. The van der Waals surface area contributed by atoms with Crippen molar-refractivity contribution in [2.75, 3.05) is 18.9 Å². The number of hydrogen-bond donors (Lipinski definition) is 2. The first kappa shape index (κ1) is 16.0. The van der Waals surface area contributed by atoms with Crippen LogP contribution in [0.25, 0.3) is 0 Å². The number of carbonyl (C=O) groups is 1. The minimum atomic E-state index is -0.497. The number of benzene rings is 2. The molecule has 0 radical (unpaired) electrons. The Kier molecular flexibility index (Phi) is 4.20. The lowest BCUT2D eigenvalue weighted by Crippen LogP contribution is -2.32. The van der Waals surface area contributed by atoms with Crippen molar-refractivity contribution in [1.82, 2.24) is 5.32 Å². The van der Waals surface area contributed by atoms with Crippen molar-refractivity contribution < 1.29 is 9.72 Å². The zero-order valence-corrected chi connectivity index (χ0v) is 13.4. The standard InChI is InChI=1S/C18H19N3O3/c1-19-16-8-7-14(21(23)24)11-15(16)17(22)20-12-18(9-10-18)13-5-3-2-4-6-13/h2-8,11,19H,9-10,12H2,1H3,(H,20,22). The fourth-order valence-corrected chi connectivity index (χ4v) is 2.91. The molecule has 0 atom stereocenters. The number of carbonyl (C=O) groups excluding carboxylic acids is 1. The molecule has 0 aromatic heterocycles. The van der Waals surface area contributed by atoms with Crippen molar-refractivity contribution >= 4 is 17.3 Å². The summed E-state index contributed by atoms with van der Waals surface area (Å²) in [6.45, 7) is 0.529. The maximum absolute atomic E-state index is 12.5. The Morgan fingerprint density at radius 3 is 2.50 bits per heavy atom. The molecule has 0 spiro atoms. The smallest absolute Gasteiger partial charge is 0.270 e. The molecule has 1 aliphatic rings. The van der Waals surface area contributed by atoms with Gasteiger partial charge in [0.05, 0.1) is 10.5 Å². The van der Waals surface area contributed by atoms with Gasteiger partial charge in [0.25, 0.3) is 11.6 Å². The average molecular weight is 325 g/mol. The monoisotopic (exact) mass is 325 g/mol. The Morgan fingerprint density at radius 2 is 1.92 bits per heavy atom. The summed E-state index contributed by atoms with van der Waals surface area (Å²) in [5.74, 6) is -0.301. The second-order valence-electron chi connectivity index (χ2n) is 6.07. The molecule has 6 nitrogen and oxygen atoms in total. The first-order valence-electron chi connectivity index (χ1n) is 7.86. The molecule has 2 aromatic carbocycles. The predicted molar refractivity (Wildman–Crippen MR) is 92.3 cm³/mol. The van der Waals surface area contributed by atoms with Gasteiger partial charge in [0.2, 0.25) is 0 Å². The largest absolute Gasteiger partial charge is 0.387 e. The first-order chi connectivity index (χ1) is 11.6. The van der Waals surface area contributed by atoms with Crippen molar-refractivity contribution in [1.29, 1.82) is 0 Å². The third kappa shape index (κ3) is 3.08. The maximum Gasteiger partial charge on any atom is 0.270 e. The number of amides is 1. The predicted octanol–water partition coefficient (Wildman–Crippen LogP) is 3.10. The van der Waals surface area contributed by atoms with Crippen LogP contribution in [0, 0.1) is 10.1 Å². The molecule has 2 aromatic rings. The van der Waals surface area contributed by atoms with Gasteiger partial charge >= 0.3 is 0 Å². The van der Waals surface area contributed by atoms with Crippen LogP contribution in [-0.2, 0) is 5.41 Å². The van der Waals surface area contributed by atoms with Gasteiger partial charge < -0.3 is 10.6 Å². The van der Waals surface area contributed by atoms with Gasteiger partial charge in [-0.1, -0.05) is 30.3 Å². The fraction of sp³-hybridized carbons (Fsp3) is 0.278. The van der Waals surface area contributed by atoms with E-state index in [1.807, 2.05) is 18.2 Å². The van der Waals surface area contributed by atoms with E-state index in [2.05, 4.69) is 22.8 Å². The molecule has 1 amide bonds. The molecule has 0 bridgehead atoms. The van der Waals surface area contributed by atoms with Crippen LogP contribution in [0.1, 0.15) is 28.8 Å². The maximum atomic E-state index is 12.5. The quantitative estimate of drug-likeness (QED) is 0.631. The van der Waals surface area contributed by atoms with Crippen molar-refractivity contribution in [3.8, 4) is 0 Å². The van der Waals surface area contributed by atoms with E-state index in [1.54, 1.807) is 13.1 Å². The van der Waals surface area contributed by atoms with Gasteiger partial charge in [0, 0.05) is 36.8 Å². The lowest BCUT2D eigenvalue weighted by atomic mass is 9.96. The van der Waals surface area contributed by atoms with E-state index >= 15 is 0 Å². The number of nitrogens with one attached hydrogen (secondary N) is 2. The van der Waals surface area contributed by atoms with Crippen molar-refractivity contribution in [3.05, 3.63) is 69.8 Å². The Morgan fingerprint density at radius 1 is 1.21 bits per heavy atom. The summed E-state index contributed by atoms with van der Waals surface area (Å²) >= 11 is 0.